The van der Waals surface area contributed by atoms with E-state index in [-0.39, 0.29) is 0 Å². The smallest absolute Gasteiger partial charge is 0.121 e. The first kappa shape index (κ1) is 24.3. The second kappa shape index (κ2) is 14.6. The van der Waals surface area contributed by atoms with Crippen molar-refractivity contribution in [2.45, 2.75) is 68.2 Å². The Morgan fingerprint density at radius 1 is 0.833 bits per heavy atom. The summed E-state index contributed by atoms with van der Waals surface area (Å²) in [5, 5.41) is 9.52. The van der Waals surface area contributed by atoms with Gasteiger partial charge in [0.05, 0.1) is 0 Å². The van der Waals surface area contributed by atoms with Crippen molar-refractivity contribution >= 4 is 5.69 Å². The lowest BCUT2D eigenvalue weighted by Crippen LogP contribution is -1.90. The summed E-state index contributed by atoms with van der Waals surface area (Å²) in [6, 6.07) is 12.0. The molecule has 0 aliphatic heterocycles. The topological polar surface area (TPSA) is 46.2 Å². The molecule has 0 fully saturated rings. The van der Waals surface area contributed by atoms with Crippen LogP contribution < -0.4 is 5.73 Å². The molecule has 2 nitrogen and oxygen atoms in total. The van der Waals surface area contributed by atoms with E-state index >= 15 is 0 Å². The lowest BCUT2D eigenvalue weighted by Gasteiger charge is -2.05. The van der Waals surface area contributed by atoms with Gasteiger partial charge in [-0.3, -0.25) is 0 Å². The third-order valence-electron chi connectivity index (χ3n) is 3.34. The molecule has 2 aromatic carbocycles. The molecule has 2 aromatic rings. The van der Waals surface area contributed by atoms with Crippen LogP contribution >= 0.6 is 0 Å². The zero-order chi connectivity index (χ0) is 19.1. The number of aryl methyl sites for hydroxylation is 4. The molecule has 0 amide bonds. The first-order valence-corrected chi connectivity index (χ1v) is 9.12. The second-order valence-corrected chi connectivity index (χ2v) is 5.00. The molecule has 0 spiro atoms. The van der Waals surface area contributed by atoms with Gasteiger partial charge in [0.1, 0.15) is 5.75 Å². The minimum absolute atomic E-state index is 0.457. The van der Waals surface area contributed by atoms with Crippen LogP contribution in [0.15, 0.2) is 36.4 Å². The number of aromatic hydroxyl groups is 1. The summed E-state index contributed by atoms with van der Waals surface area (Å²) in [6.07, 6.45) is 1.92. The number of nitrogen functional groups attached to an aromatic ring is 1. The number of rotatable bonds is 2. The van der Waals surface area contributed by atoms with E-state index in [2.05, 4.69) is 13.0 Å². The Balaban J connectivity index is 0. The molecule has 0 aliphatic carbocycles. The third-order valence-corrected chi connectivity index (χ3v) is 3.34. The molecule has 3 N–H and O–H groups in total. The SMILES string of the molecule is CC.CC.CCc1cc(C)cc(C)c1O.CCc1ccccc1N. The van der Waals surface area contributed by atoms with Crippen LogP contribution in [-0.4, -0.2) is 5.11 Å². The van der Waals surface area contributed by atoms with Gasteiger partial charge in [-0.15, -0.1) is 0 Å². The number of nitrogens with two attached hydrogens (primary N) is 1. The van der Waals surface area contributed by atoms with E-state index in [1.807, 2.05) is 78.8 Å². The van der Waals surface area contributed by atoms with Crippen LogP contribution in [0.1, 0.15) is 63.8 Å². The number of benzene rings is 2. The molecule has 136 valence electrons. The zero-order valence-corrected chi connectivity index (χ0v) is 16.9. The Morgan fingerprint density at radius 3 is 1.75 bits per heavy atom. The second-order valence-electron chi connectivity index (χ2n) is 5.00. The van der Waals surface area contributed by atoms with Crippen molar-refractivity contribution in [3.8, 4) is 5.75 Å². The van der Waals surface area contributed by atoms with E-state index in [4.69, 9.17) is 5.73 Å². The Bertz CT molecular complexity index is 562. The number of para-hydroxylation sites is 1. The van der Waals surface area contributed by atoms with Gasteiger partial charge in [-0.05, 0) is 49.4 Å². The first-order chi connectivity index (χ1) is 11.5. The monoisotopic (exact) mass is 331 g/mol. The standard InChI is InChI=1S/C10H14O.C8H11N.2C2H6/c1-4-9-6-7(2)5-8(3)10(9)11;1-2-7-5-3-4-6-8(7)9;2*1-2/h5-6,11H,4H2,1-3H3;3-6H,2,9H2,1H3;2*1-2H3. The lowest BCUT2D eigenvalue weighted by atomic mass is 10.0. The van der Waals surface area contributed by atoms with Crippen molar-refractivity contribution in [2.24, 2.45) is 0 Å². The molecule has 2 heteroatoms. The Kier molecular flexibility index (Phi) is 14.8. The molecule has 0 saturated heterocycles. The lowest BCUT2D eigenvalue weighted by molar-refractivity contribution is 0.464. The predicted molar refractivity (Wildman–Crippen MR) is 110 cm³/mol. The van der Waals surface area contributed by atoms with Crippen LogP contribution in [0.2, 0.25) is 0 Å². The Morgan fingerprint density at radius 2 is 1.33 bits per heavy atom. The highest BCUT2D eigenvalue weighted by Crippen LogP contribution is 2.23. The summed E-state index contributed by atoms with van der Waals surface area (Å²) >= 11 is 0. The summed E-state index contributed by atoms with van der Waals surface area (Å²) in [5.74, 6) is 0.457. The van der Waals surface area contributed by atoms with Crippen LogP contribution in [0.3, 0.4) is 0 Å². The van der Waals surface area contributed by atoms with Crippen molar-refractivity contribution in [3.05, 3.63) is 58.7 Å². The summed E-state index contributed by atoms with van der Waals surface area (Å²) in [7, 11) is 0. The fourth-order valence-electron chi connectivity index (χ4n) is 2.17. The molecule has 0 unspecified atom stereocenters. The van der Waals surface area contributed by atoms with E-state index in [0.29, 0.717) is 5.75 Å². The molecule has 24 heavy (non-hydrogen) atoms. The van der Waals surface area contributed by atoms with Gasteiger partial charge in [-0.1, -0.05) is 77.4 Å². The van der Waals surface area contributed by atoms with Crippen molar-refractivity contribution in [2.75, 3.05) is 5.73 Å². The molecule has 0 aromatic heterocycles. The van der Waals surface area contributed by atoms with E-state index in [9.17, 15) is 5.11 Å². The maximum atomic E-state index is 9.52. The summed E-state index contributed by atoms with van der Waals surface area (Å²) in [5.41, 5.74) is 11.0. The van der Waals surface area contributed by atoms with Crippen LogP contribution in [-0.2, 0) is 12.8 Å². The van der Waals surface area contributed by atoms with Gasteiger partial charge in [-0.2, -0.15) is 0 Å². The van der Waals surface area contributed by atoms with E-state index < -0.39 is 0 Å². The van der Waals surface area contributed by atoms with Gasteiger partial charge < -0.3 is 10.8 Å². The first-order valence-electron chi connectivity index (χ1n) is 9.12. The average molecular weight is 332 g/mol. The summed E-state index contributed by atoms with van der Waals surface area (Å²) < 4.78 is 0. The van der Waals surface area contributed by atoms with Gasteiger partial charge in [0.2, 0.25) is 0 Å². The molecule has 2 rings (SSSR count). The summed E-state index contributed by atoms with van der Waals surface area (Å²) in [4.78, 5) is 0. The van der Waals surface area contributed by atoms with Crippen LogP contribution in [0, 0.1) is 13.8 Å². The van der Waals surface area contributed by atoms with Crippen molar-refractivity contribution < 1.29 is 5.11 Å². The Hall–Kier alpha value is -1.96. The van der Waals surface area contributed by atoms with E-state index in [1.165, 1.54) is 11.1 Å². The number of phenolic OH excluding ortho intramolecular Hbond substituents is 1. The minimum Gasteiger partial charge on any atom is -0.507 e. The molecular formula is C22H37NO. The highest BCUT2D eigenvalue weighted by Gasteiger charge is 2.02. The quantitative estimate of drug-likeness (QED) is 0.621. The van der Waals surface area contributed by atoms with E-state index in [1.54, 1.807) is 0 Å². The normalized spacial score (nSPS) is 8.67. The molecular weight excluding hydrogens is 294 g/mol. The van der Waals surface area contributed by atoms with Gasteiger partial charge in [0, 0.05) is 5.69 Å². The molecule has 0 aliphatic rings. The number of hydrogen-bond donors (Lipinski definition) is 2. The van der Waals surface area contributed by atoms with Crippen molar-refractivity contribution in [1.82, 2.24) is 0 Å². The van der Waals surface area contributed by atoms with Crippen LogP contribution in [0.25, 0.3) is 0 Å². The fourth-order valence-corrected chi connectivity index (χ4v) is 2.17. The van der Waals surface area contributed by atoms with Crippen molar-refractivity contribution in [1.29, 1.82) is 0 Å². The zero-order valence-electron chi connectivity index (χ0n) is 16.9. The number of anilines is 1. The predicted octanol–water partition coefficient (Wildman–Crippen LogP) is 6.46. The number of phenols is 1. The maximum absolute atomic E-state index is 9.52. The highest BCUT2D eigenvalue weighted by atomic mass is 16.3. The molecule has 0 atom stereocenters. The van der Waals surface area contributed by atoms with Crippen LogP contribution in [0.4, 0.5) is 5.69 Å². The number of hydrogen-bond acceptors (Lipinski definition) is 2. The Labute approximate surface area is 149 Å². The van der Waals surface area contributed by atoms with Gasteiger partial charge in [0.25, 0.3) is 0 Å². The average Bonchev–Trinajstić information content (AvgIpc) is 2.62. The fraction of sp³-hybridized carbons (Fsp3) is 0.455. The van der Waals surface area contributed by atoms with Crippen LogP contribution in [0.5, 0.6) is 5.75 Å². The third kappa shape index (κ3) is 8.61. The summed E-state index contributed by atoms with van der Waals surface area (Å²) in [6.45, 7) is 16.1. The van der Waals surface area contributed by atoms with Crippen molar-refractivity contribution in [3.63, 3.8) is 0 Å². The molecule has 0 radical (unpaired) electrons. The molecule has 0 bridgehead atoms. The molecule has 0 heterocycles. The largest absolute Gasteiger partial charge is 0.507 e. The van der Waals surface area contributed by atoms with Gasteiger partial charge >= 0.3 is 0 Å². The van der Waals surface area contributed by atoms with E-state index in [0.717, 1.165) is 29.7 Å². The highest BCUT2D eigenvalue weighted by molar-refractivity contribution is 5.46. The molecule has 0 saturated carbocycles. The van der Waals surface area contributed by atoms with Gasteiger partial charge in [-0.25, -0.2) is 0 Å². The van der Waals surface area contributed by atoms with Gasteiger partial charge in [0.15, 0.2) is 0 Å². The minimum atomic E-state index is 0.457. The maximum Gasteiger partial charge on any atom is 0.121 e.